The zero-order chi connectivity index (χ0) is 15.1. The van der Waals surface area contributed by atoms with Gasteiger partial charge in [0.2, 0.25) is 6.43 Å². The zero-order valence-electron chi connectivity index (χ0n) is 11.6. The van der Waals surface area contributed by atoms with Crippen LogP contribution in [-0.2, 0) is 0 Å². The van der Waals surface area contributed by atoms with Gasteiger partial charge in [-0.2, -0.15) is 0 Å². The van der Waals surface area contributed by atoms with E-state index in [4.69, 9.17) is 0 Å². The molecule has 0 heterocycles. The van der Waals surface area contributed by atoms with Crippen LogP contribution in [0, 0.1) is 0 Å². The minimum absolute atomic E-state index is 0.300. The van der Waals surface area contributed by atoms with Crippen molar-refractivity contribution in [3.63, 3.8) is 0 Å². The summed E-state index contributed by atoms with van der Waals surface area (Å²) in [5.41, 5.74) is 2.14. The second-order valence-electron chi connectivity index (χ2n) is 4.85. The molecule has 0 saturated carbocycles. The van der Waals surface area contributed by atoms with Crippen molar-refractivity contribution in [1.82, 2.24) is 0 Å². The fourth-order valence-corrected chi connectivity index (χ4v) is 2.20. The third-order valence-corrected chi connectivity index (χ3v) is 3.29. The van der Waals surface area contributed by atoms with Gasteiger partial charge in [-0.25, -0.2) is 8.78 Å². The lowest BCUT2D eigenvalue weighted by molar-refractivity contribution is 0.154. The molecule has 3 heteroatoms. The largest absolute Gasteiger partial charge is 0.388 e. The molecular weight excluding hydrogens is 270 g/mol. The predicted molar refractivity (Wildman–Crippen MR) is 81.1 cm³/mol. The van der Waals surface area contributed by atoms with Crippen LogP contribution in [0.15, 0.2) is 66.7 Å². The molecule has 110 valence electrons. The molecule has 0 aromatic heterocycles. The third-order valence-electron chi connectivity index (χ3n) is 3.29. The molecule has 0 bridgehead atoms. The molecular formula is C18H18F2O. The van der Waals surface area contributed by atoms with Gasteiger partial charge >= 0.3 is 0 Å². The van der Waals surface area contributed by atoms with Gasteiger partial charge in [-0.3, -0.25) is 0 Å². The zero-order valence-corrected chi connectivity index (χ0v) is 11.6. The number of rotatable bonds is 6. The van der Waals surface area contributed by atoms with Gasteiger partial charge in [0.1, 0.15) is 0 Å². The molecule has 0 radical (unpaired) electrons. The van der Waals surface area contributed by atoms with Gasteiger partial charge in [0.05, 0.1) is 6.10 Å². The Morgan fingerprint density at radius 3 is 2.10 bits per heavy atom. The number of aliphatic hydroxyl groups is 1. The van der Waals surface area contributed by atoms with Crippen molar-refractivity contribution < 1.29 is 13.9 Å². The summed E-state index contributed by atoms with van der Waals surface area (Å²) in [6.45, 7) is 0. The van der Waals surface area contributed by atoms with E-state index in [1.807, 2.05) is 60.7 Å². The maximum Gasteiger partial charge on any atom is 0.242 e. The molecule has 1 nitrogen and oxygen atoms in total. The normalized spacial score (nSPS) is 13.4. The first-order valence-electron chi connectivity index (χ1n) is 6.92. The van der Waals surface area contributed by atoms with Crippen molar-refractivity contribution in [3.05, 3.63) is 77.9 Å². The summed E-state index contributed by atoms with van der Waals surface area (Å²) in [6, 6.07) is 18.3. The van der Waals surface area contributed by atoms with E-state index in [1.54, 1.807) is 6.08 Å². The van der Waals surface area contributed by atoms with Crippen molar-refractivity contribution in [2.75, 3.05) is 0 Å². The van der Waals surface area contributed by atoms with Crippen LogP contribution in [0.3, 0.4) is 0 Å². The van der Waals surface area contributed by atoms with Crippen molar-refractivity contribution in [3.8, 4) is 0 Å². The summed E-state index contributed by atoms with van der Waals surface area (Å²) in [6.07, 6.45) is -1.35. The maximum absolute atomic E-state index is 12.7. The number of halogens is 2. The first kappa shape index (κ1) is 15.4. The summed E-state index contributed by atoms with van der Waals surface area (Å²) in [4.78, 5) is 0. The van der Waals surface area contributed by atoms with E-state index < -0.39 is 12.5 Å². The van der Waals surface area contributed by atoms with E-state index >= 15 is 0 Å². The van der Waals surface area contributed by atoms with E-state index in [2.05, 4.69) is 0 Å². The van der Waals surface area contributed by atoms with E-state index in [9.17, 15) is 13.9 Å². The molecule has 1 unspecified atom stereocenters. The highest BCUT2D eigenvalue weighted by atomic mass is 19.3. The summed E-state index contributed by atoms with van der Waals surface area (Å²) in [5.74, 6) is 0. The third kappa shape index (κ3) is 4.80. The van der Waals surface area contributed by atoms with Crippen molar-refractivity contribution >= 4 is 5.57 Å². The average molecular weight is 288 g/mol. The van der Waals surface area contributed by atoms with E-state index in [-0.39, 0.29) is 6.42 Å². The average Bonchev–Trinajstić information content (AvgIpc) is 2.52. The van der Waals surface area contributed by atoms with Gasteiger partial charge in [0.15, 0.2) is 0 Å². The lowest BCUT2D eigenvalue weighted by atomic mass is 9.99. The van der Waals surface area contributed by atoms with Crippen LogP contribution in [0.25, 0.3) is 5.57 Å². The Balaban J connectivity index is 2.13. The van der Waals surface area contributed by atoms with E-state index in [0.717, 1.165) is 11.1 Å². The van der Waals surface area contributed by atoms with Crippen LogP contribution in [0.5, 0.6) is 0 Å². The van der Waals surface area contributed by atoms with Gasteiger partial charge in [0.25, 0.3) is 0 Å². The molecule has 0 aliphatic rings. The Morgan fingerprint density at radius 2 is 1.52 bits per heavy atom. The molecule has 0 amide bonds. The quantitative estimate of drug-likeness (QED) is 0.805. The lowest BCUT2D eigenvalue weighted by Gasteiger charge is -2.11. The Morgan fingerprint density at radius 1 is 0.952 bits per heavy atom. The van der Waals surface area contributed by atoms with Crippen LogP contribution in [-0.4, -0.2) is 11.5 Å². The SMILES string of the molecule is OC(C/C=C(\CC(F)F)c1ccccc1)c1ccccc1. The number of aliphatic hydroxyl groups excluding tert-OH is 1. The highest BCUT2D eigenvalue weighted by Crippen LogP contribution is 2.25. The standard InChI is InChI=1S/C18H18F2O/c19-18(20)13-16(14-7-3-1-4-8-14)11-12-17(21)15-9-5-2-6-10-15/h1-11,17-18,21H,12-13H2/b16-11+. The van der Waals surface area contributed by atoms with Gasteiger partial charge < -0.3 is 5.11 Å². The van der Waals surface area contributed by atoms with Crippen LogP contribution in [0.2, 0.25) is 0 Å². The van der Waals surface area contributed by atoms with Crippen molar-refractivity contribution in [1.29, 1.82) is 0 Å². The molecule has 1 N–H and O–H groups in total. The Bertz CT molecular complexity index is 564. The molecule has 0 aliphatic carbocycles. The second-order valence-corrected chi connectivity index (χ2v) is 4.85. The number of alkyl halides is 2. The first-order valence-corrected chi connectivity index (χ1v) is 6.92. The Labute approximate surface area is 123 Å². The summed E-state index contributed by atoms with van der Waals surface area (Å²) >= 11 is 0. The first-order chi connectivity index (χ1) is 10.2. The van der Waals surface area contributed by atoms with Gasteiger partial charge in [-0.1, -0.05) is 66.7 Å². The molecule has 0 fully saturated rings. The van der Waals surface area contributed by atoms with Gasteiger partial charge in [-0.15, -0.1) is 0 Å². The number of benzene rings is 2. The summed E-state index contributed by atoms with van der Waals surface area (Å²) in [7, 11) is 0. The monoisotopic (exact) mass is 288 g/mol. The summed E-state index contributed by atoms with van der Waals surface area (Å²) in [5, 5.41) is 10.1. The number of allylic oxidation sites excluding steroid dienone is 1. The highest BCUT2D eigenvalue weighted by Gasteiger charge is 2.11. The van der Waals surface area contributed by atoms with Crippen LogP contribution in [0.1, 0.15) is 30.1 Å². The Hall–Kier alpha value is -2.00. The van der Waals surface area contributed by atoms with Gasteiger partial charge in [-0.05, 0) is 23.1 Å². The second kappa shape index (κ2) is 7.70. The van der Waals surface area contributed by atoms with Crippen LogP contribution in [0.4, 0.5) is 8.78 Å². The Kier molecular flexibility index (Phi) is 5.64. The van der Waals surface area contributed by atoms with Crippen molar-refractivity contribution in [2.45, 2.75) is 25.4 Å². The molecule has 1 atom stereocenters. The van der Waals surface area contributed by atoms with Crippen molar-refractivity contribution in [2.24, 2.45) is 0 Å². The number of hydrogen-bond acceptors (Lipinski definition) is 1. The number of hydrogen-bond donors (Lipinski definition) is 1. The predicted octanol–water partition coefficient (Wildman–Crippen LogP) is 4.85. The van der Waals surface area contributed by atoms with Gasteiger partial charge in [0, 0.05) is 6.42 Å². The minimum Gasteiger partial charge on any atom is -0.388 e. The molecule has 2 aromatic carbocycles. The highest BCUT2D eigenvalue weighted by molar-refractivity contribution is 5.65. The van der Waals surface area contributed by atoms with Crippen LogP contribution >= 0.6 is 0 Å². The van der Waals surface area contributed by atoms with Crippen LogP contribution < -0.4 is 0 Å². The molecule has 0 spiro atoms. The fraction of sp³-hybridized carbons (Fsp3) is 0.222. The summed E-state index contributed by atoms with van der Waals surface area (Å²) < 4.78 is 25.4. The fourth-order valence-electron chi connectivity index (χ4n) is 2.20. The topological polar surface area (TPSA) is 20.2 Å². The van der Waals surface area contributed by atoms with E-state index in [0.29, 0.717) is 12.0 Å². The molecule has 2 aromatic rings. The molecule has 0 aliphatic heterocycles. The maximum atomic E-state index is 12.7. The molecule has 21 heavy (non-hydrogen) atoms. The minimum atomic E-state index is -2.40. The molecule has 2 rings (SSSR count). The lowest BCUT2D eigenvalue weighted by Crippen LogP contribution is -1.98. The van der Waals surface area contributed by atoms with E-state index in [1.165, 1.54) is 0 Å². The smallest absolute Gasteiger partial charge is 0.242 e. The molecule has 0 saturated heterocycles.